The van der Waals surface area contributed by atoms with Crippen molar-refractivity contribution < 1.29 is 28.8 Å². The number of carbonyl (C=O) groups is 1. The SMILES string of the molecule is COc1ccc(-c2ccc(O)c(C(=O)c3cc(OC)c(OC)c(OC)c3)c2)cc1. The second kappa shape index (κ2) is 8.56. The summed E-state index contributed by atoms with van der Waals surface area (Å²) < 4.78 is 21.1. The normalized spacial score (nSPS) is 10.3. The Morgan fingerprint density at radius 1 is 0.724 bits per heavy atom. The molecule has 0 unspecified atom stereocenters. The number of carbonyl (C=O) groups excluding carboxylic acids is 1. The minimum Gasteiger partial charge on any atom is -0.507 e. The van der Waals surface area contributed by atoms with E-state index in [1.807, 2.05) is 24.3 Å². The van der Waals surface area contributed by atoms with E-state index in [1.165, 1.54) is 27.4 Å². The molecule has 0 amide bonds. The van der Waals surface area contributed by atoms with E-state index in [4.69, 9.17) is 18.9 Å². The summed E-state index contributed by atoms with van der Waals surface area (Å²) in [4.78, 5) is 13.2. The molecule has 0 radical (unpaired) electrons. The van der Waals surface area contributed by atoms with Crippen LogP contribution in [-0.2, 0) is 0 Å². The van der Waals surface area contributed by atoms with E-state index in [0.29, 0.717) is 22.8 Å². The molecule has 0 aromatic heterocycles. The smallest absolute Gasteiger partial charge is 0.203 e. The Balaban J connectivity index is 2.05. The van der Waals surface area contributed by atoms with Crippen LogP contribution >= 0.6 is 0 Å². The van der Waals surface area contributed by atoms with Gasteiger partial charge in [0.1, 0.15) is 11.5 Å². The highest BCUT2D eigenvalue weighted by molar-refractivity contribution is 6.11. The van der Waals surface area contributed by atoms with E-state index < -0.39 is 0 Å². The first-order valence-electron chi connectivity index (χ1n) is 8.84. The molecule has 29 heavy (non-hydrogen) atoms. The third kappa shape index (κ3) is 3.96. The van der Waals surface area contributed by atoms with Crippen LogP contribution in [0.25, 0.3) is 11.1 Å². The third-order valence-electron chi connectivity index (χ3n) is 4.59. The van der Waals surface area contributed by atoms with Crippen LogP contribution in [-0.4, -0.2) is 39.3 Å². The molecule has 0 saturated heterocycles. The van der Waals surface area contributed by atoms with E-state index in [9.17, 15) is 9.90 Å². The van der Waals surface area contributed by atoms with Crippen LogP contribution in [0.2, 0.25) is 0 Å². The van der Waals surface area contributed by atoms with Gasteiger partial charge in [0.25, 0.3) is 0 Å². The van der Waals surface area contributed by atoms with Gasteiger partial charge in [-0.1, -0.05) is 18.2 Å². The number of phenolic OH excluding ortho intramolecular Hbond substituents is 1. The molecule has 3 aromatic carbocycles. The van der Waals surface area contributed by atoms with Crippen LogP contribution in [0, 0.1) is 0 Å². The molecule has 0 heterocycles. The van der Waals surface area contributed by atoms with Crippen LogP contribution in [0.5, 0.6) is 28.7 Å². The monoisotopic (exact) mass is 394 g/mol. The van der Waals surface area contributed by atoms with Crippen molar-refractivity contribution in [3.8, 4) is 39.9 Å². The average molecular weight is 394 g/mol. The zero-order valence-electron chi connectivity index (χ0n) is 16.7. The molecule has 0 saturated carbocycles. The third-order valence-corrected chi connectivity index (χ3v) is 4.59. The standard InChI is InChI=1S/C23H22O6/c1-26-17-8-5-14(6-9-17)15-7-10-19(24)18(11-15)22(25)16-12-20(27-2)23(29-4)21(13-16)28-3/h5-13,24H,1-4H3. The highest BCUT2D eigenvalue weighted by Crippen LogP contribution is 2.39. The maximum absolute atomic E-state index is 13.2. The summed E-state index contributed by atoms with van der Waals surface area (Å²) in [6.45, 7) is 0. The molecule has 0 aliphatic carbocycles. The second-order valence-corrected chi connectivity index (χ2v) is 6.20. The molecular formula is C23H22O6. The molecule has 0 spiro atoms. The number of hydrogen-bond acceptors (Lipinski definition) is 6. The number of rotatable bonds is 7. The fourth-order valence-corrected chi connectivity index (χ4v) is 3.05. The highest BCUT2D eigenvalue weighted by Gasteiger charge is 2.20. The summed E-state index contributed by atoms with van der Waals surface area (Å²) >= 11 is 0. The van der Waals surface area contributed by atoms with Crippen LogP contribution in [0.15, 0.2) is 54.6 Å². The lowest BCUT2D eigenvalue weighted by Crippen LogP contribution is -2.05. The van der Waals surface area contributed by atoms with Crippen molar-refractivity contribution in [1.29, 1.82) is 0 Å². The van der Waals surface area contributed by atoms with Gasteiger partial charge in [-0.3, -0.25) is 4.79 Å². The van der Waals surface area contributed by atoms with Gasteiger partial charge in [-0.05, 0) is 47.5 Å². The molecule has 6 heteroatoms. The molecular weight excluding hydrogens is 372 g/mol. The zero-order valence-corrected chi connectivity index (χ0v) is 16.7. The number of benzene rings is 3. The first-order chi connectivity index (χ1) is 14.0. The van der Waals surface area contributed by atoms with E-state index in [0.717, 1.165) is 16.9 Å². The van der Waals surface area contributed by atoms with Crippen LogP contribution in [0.3, 0.4) is 0 Å². The molecule has 0 bridgehead atoms. The fraction of sp³-hybridized carbons (Fsp3) is 0.174. The Labute approximate surface area is 169 Å². The van der Waals surface area contributed by atoms with Crippen molar-refractivity contribution in [1.82, 2.24) is 0 Å². The molecule has 0 fully saturated rings. The van der Waals surface area contributed by atoms with Gasteiger partial charge in [0.15, 0.2) is 17.3 Å². The van der Waals surface area contributed by atoms with Crippen molar-refractivity contribution in [2.75, 3.05) is 28.4 Å². The Hall–Kier alpha value is -3.67. The maximum Gasteiger partial charge on any atom is 0.203 e. The topological polar surface area (TPSA) is 74.2 Å². The van der Waals surface area contributed by atoms with Gasteiger partial charge in [-0.2, -0.15) is 0 Å². The van der Waals surface area contributed by atoms with Gasteiger partial charge in [-0.15, -0.1) is 0 Å². The molecule has 0 aliphatic rings. The predicted octanol–water partition coefficient (Wildman–Crippen LogP) is 4.32. The van der Waals surface area contributed by atoms with Crippen molar-refractivity contribution >= 4 is 5.78 Å². The lowest BCUT2D eigenvalue weighted by molar-refractivity contribution is 0.103. The van der Waals surface area contributed by atoms with E-state index in [2.05, 4.69) is 0 Å². The van der Waals surface area contributed by atoms with E-state index in [-0.39, 0.29) is 17.1 Å². The quantitative estimate of drug-likeness (QED) is 0.602. The summed E-state index contributed by atoms with van der Waals surface area (Å²) in [5, 5.41) is 10.3. The molecule has 150 valence electrons. The number of aromatic hydroxyl groups is 1. The second-order valence-electron chi connectivity index (χ2n) is 6.20. The van der Waals surface area contributed by atoms with Crippen LogP contribution in [0.4, 0.5) is 0 Å². The zero-order chi connectivity index (χ0) is 21.0. The van der Waals surface area contributed by atoms with Gasteiger partial charge in [0.05, 0.1) is 34.0 Å². The summed E-state index contributed by atoms with van der Waals surface area (Å²) in [5.74, 6) is 1.38. The van der Waals surface area contributed by atoms with Gasteiger partial charge in [0.2, 0.25) is 5.75 Å². The number of phenols is 1. The summed E-state index contributed by atoms with van der Waals surface area (Å²) in [7, 11) is 6.05. The van der Waals surface area contributed by atoms with Crippen molar-refractivity contribution in [2.45, 2.75) is 0 Å². The molecule has 0 atom stereocenters. The largest absolute Gasteiger partial charge is 0.507 e. The van der Waals surface area contributed by atoms with Gasteiger partial charge < -0.3 is 24.1 Å². The van der Waals surface area contributed by atoms with Crippen LogP contribution in [0.1, 0.15) is 15.9 Å². The number of hydrogen-bond donors (Lipinski definition) is 1. The van der Waals surface area contributed by atoms with Crippen molar-refractivity contribution in [3.63, 3.8) is 0 Å². The molecule has 3 aromatic rings. The van der Waals surface area contributed by atoms with Crippen molar-refractivity contribution in [3.05, 3.63) is 65.7 Å². The summed E-state index contributed by atoms with van der Waals surface area (Å²) in [5.41, 5.74) is 2.17. The lowest BCUT2D eigenvalue weighted by Gasteiger charge is -2.14. The Morgan fingerprint density at radius 2 is 1.31 bits per heavy atom. The first-order valence-corrected chi connectivity index (χ1v) is 8.84. The van der Waals surface area contributed by atoms with E-state index >= 15 is 0 Å². The van der Waals surface area contributed by atoms with Crippen LogP contribution < -0.4 is 18.9 Å². The highest BCUT2D eigenvalue weighted by atomic mass is 16.5. The molecule has 1 N–H and O–H groups in total. The number of ether oxygens (including phenoxy) is 4. The average Bonchev–Trinajstić information content (AvgIpc) is 2.77. The minimum atomic E-state index is -0.364. The van der Waals surface area contributed by atoms with E-state index in [1.54, 1.807) is 31.4 Å². The number of ketones is 1. The summed E-state index contributed by atoms with van der Waals surface area (Å²) in [6, 6.07) is 15.5. The molecule has 3 rings (SSSR count). The Morgan fingerprint density at radius 3 is 1.83 bits per heavy atom. The predicted molar refractivity (Wildman–Crippen MR) is 110 cm³/mol. The fourth-order valence-electron chi connectivity index (χ4n) is 3.05. The van der Waals surface area contributed by atoms with Gasteiger partial charge >= 0.3 is 0 Å². The van der Waals surface area contributed by atoms with Gasteiger partial charge in [-0.25, -0.2) is 0 Å². The number of methoxy groups -OCH3 is 4. The first kappa shape index (κ1) is 20.1. The van der Waals surface area contributed by atoms with Crippen molar-refractivity contribution in [2.24, 2.45) is 0 Å². The van der Waals surface area contributed by atoms with Gasteiger partial charge in [0, 0.05) is 5.56 Å². The molecule has 6 nitrogen and oxygen atoms in total. The molecule has 0 aliphatic heterocycles. The Bertz CT molecular complexity index is 999. The maximum atomic E-state index is 13.2. The minimum absolute atomic E-state index is 0.110. The Kier molecular flexibility index (Phi) is 5.93. The lowest BCUT2D eigenvalue weighted by atomic mass is 9.97. The summed E-state index contributed by atoms with van der Waals surface area (Å²) in [6.07, 6.45) is 0.